The lowest BCUT2D eigenvalue weighted by atomic mass is 10.1. The summed E-state index contributed by atoms with van der Waals surface area (Å²) in [6, 6.07) is 5.03. The second-order valence-electron chi connectivity index (χ2n) is 6.84. The van der Waals surface area contributed by atoms with Gasteiger partial charge >= 0.3 is 12.1 Å². The van der Waals surface area contributed by atoms with Crippen molar-refractivity contribution < 1.29 is 41.1 Å². The van der Waals surface area contributed by atoms with Gasteiger partial charge in [-0.2, -0.15) is 22.0 Å². The second-order valence-corrected chi connectivity index (χ2v) is 6.84. The summed E-state index contributed by atoms with van der Waals surface area (Å²) in [7, 11) is 0. The predicted molar refractivity (Wildman–Crippen MR) is 98.2 cm³/mol. The molecule has 3 N–H and O–H groups in total. The average Bonchev–Trinajstić information content (AvgIpc) is 2.81. The topological polar surface area (TPSA) is 108 Å². The van der Waals surface area contributed by atoms with Gasteiger partial charge in [-0.1, -0.05) is 12.1 Å². The first-order valence-electron chi connectivity index (χ1n) is 8.95. The maximum atomic E-state index is 12.9. The van der Waals surface area contributed by atoms with Crippen LogP contribution in [-0.2, 0) is 19.2 Å². The van der Waals surface area contributed by atoms with Crippen molar-refractivity contribution in [3.05, 3.63) is 24.3 Å². The molecule has 31 heavy (non-hydrogen) atoms. The number of nitrogens with one attached hydrogen (secondary N) is 3. The molecule has 0 saturated heterocycles. The van der Waals surface area contributed by atoms with Gasteiger partial charge < -0.3 is 20.9 Å². The summed E-state index contributed by atoms with van der Waals surface area (Å²) in [5.74, 6) is -10.5. The van der Waals surface area contributed by atoms with E-state index in [0.717, 1.165) is 6.92 Å². The van der Waals surface area contributed by atoms with Gasteiger partial charge in [-0.15, -0.1) is 0 Å². The number of alkyl halides is 5. The summed E-state index contributed by atoms with van der Waals surface area (Å²) in [6.07, 6.45) is -5.87. The molecule has 0 bridgehead atoms. The van der Waals surface area contributed by atoms with Gasteiger partial charge in [0.25, 0.3) is 0 Å². The lowest BCUT2D eigenvalue weighted by molar-refractivity contribution is -0.278. The highest BCUT2D eigenvalue weighted by molar-refractivity contribution is 6.07. The van der Waals surface area contributed by atoms with Crippen molar-refractivity contribution >= 4 is 35.0 Å². The number of anilines is 2. The molecule has 1 aromatic carbocycles. The summed E-state index contributed by atoms with van der Waals surface area (Å²) in [6.45, 7) is -0.112. The van der Waals surface area contributed by atoms with E-state index in [9.17, 15) is 41.1 Å². The number of benzene rings is 1. The van der Waals surface area contributed by atoms with Crippen LogP contribution < -0.4 is 20.9 Å². The van der Waals surface area contributed by atoms with Crippen molar-refractivity contribution in [1.29, 1.82) is 0 Å². The molecule has 13 heteroatoms. The lowest BCUT2D eigenvalue weighted by Gasteiger charge is -2.24. The number of fused-ring (bicyclic) bond motifs is 1. The van der Waals surface area contributed by atoms with Crippen LogP contribution in [0.15, 0.2) is 24.3 Å². The zero-order valence-corrected chi connectivity index (χ0v) is 16.3. The van der Waals surface area contributed by atoms with Gasteiger partial charge in [0.2, 0.25) is 23.6 Å². The van der Waals surface area contributed by atoms with Crippen LogP contribution in [0.1, 0.15) is 13.8 Å². The standard InChI is InChI=1S/C18H19F5N4O4/c1-9(14(29)24-8-17(19,20)18(21,22)23)15(30)26-12-7-27(10(2)28)13-6-4-3-5-11(13)25-16(12)31/h3-6,9,12H,7-8H2,1-2H3,(H,24,29)(H,25,31)(H,26,30)/t9-,12+/m1/s1. The number of amides is 4. The fourth-order valence-corrected chi connectivity index (χ4v) is 2.67. The molecule has 2 rings (SSSR count). The minimum Gasteiger partial charge on any atom is -0.349 e. The smallest absolute Gasteiger partial charge is 0.349 e. The van der Waals surface area contributed by atoms with Crippen molar-refractivity contribution in [3.8, 4) is 0 Å². The van der Waals surface area contributed by atoms with Gasteiger partial charge in [0.15, 0.2) is 0 Å². The van der Waals surface area contributed by atoms with Crippen LogP contribution in [0.5, 0.6) is 0 Å². The van der Waals surface area contributed by atoms with Gasteiger partial charge in [0, 0.05) is 6.92 Å². The Bertz CT molecular complexity index is 890. The molecule has 0 unspecified atom stereocenters. The molecule has 1 aliphatic rings. The predicted octanol–water partition coefficient (Wildman–Crippen LogP) is 1.43. The van der Waals surface area contributed by atoms with Crippen LogP contribution in [0.3, 0.4) is 0 Å². The number of hydrogen-bond donors (Lipinski definition) is 3. The van der Waals surface area contributed by atoms with Crippen LogP contribution in [0.2, 0.25) is 0 Å². The number of rotatable bonds is 5. The number of halogens is 5. The zero-order chi connectivity index (χ0) is 23.6. The quantitative estimate of drug-likeness (QED) is 0.466. The highest BCUT2D eigenvalue weighted by atomic mass is 19.4. The van der Waals surface area contributed by atoms with Crippen LogP contribution >= 0.6 is 0 Å². The molecule has 1 aliphatic heterocycles. The largest absolute Gasteiger partial charge is 0.455 e. The van der Waals surface area contributed by atoms with Crippen LogP contribution in [0.25, 0.3) is 0 Å². The molecule has 8 nitrogen and oxygen atoms in total. The molecule has 0 aromatic heterocycles. The first-order chi connectivity index (χ1) is 14.2. The van der Waals surface area contributed by atoms with Gasteiger partial charge in [0.05, 0.1) is 24.5 Å². The molecule has 0 spiro atoms. The van der Waals surface area contributed by atoms with Gasteiger partial charge in [-0.25, -0.2) is 0 Å². The van der Waals surface area contributed by atoms with E-state index < -0.39 is 54.2 Å². The van der Waals surface area contributed by atoms with E-state index >= 15 is 0 Å². The Morgan fingerprint density at radius 3 is 2.35 bits per heavy atom. The van der Waals surface area contributed by atoms with Crippen molar-refractivity contribution in [2.75, 3.05) is 23.3 Å². The van der Waals surface area contributed by atoms with Crippen LogP contribution in [0, 0.1) is 5.92 Å². The van der Waals surface area contributed by atoms with Gasteiger partial charge in [0.1, 0.15) is 12.0 Å². The van der Waals surface area contributed by atoms with Gasteiger partial charge in [-0.3, -0.25) is 19.2 Å². The molecule has 0 saturated carbocycles. The normalized spacial score (nSPS) is 17.7. The van der Waals surface area contributed by atoms with E-state index in [4.69, 9.17) is 0 Å². The molecule has 0 fully saturated rings. The number of nitrogens with zero attached hydrogens (tertiary/aromatic N) is 1. The van der Waals surface area contributed by atoms with E-state index in [-0.39, 0.29) is 6.54 Å². The molecule has 1 aromatic rings. The first-order valence-corrected chi connectivity index (χ1v) is 8.95. The summed E-state index contributed by atoms with van der Waals surface area (Å²) in [4.78, 5) is 49.8. The third-order valence-corrected chi connectivity index (χ3v) is 4.52. The highest BCUT2D eigenvalue weighted by Crippen LogP contribution is 2.34. The van der Waals surface area contributed by atoms with Crippen molar-refractivity contribution in [2.24, 2.45) is 5.92 Å². The average molecular weight is 450 g/mol. The van der Waals surface area contributed by atoms with Crippen molar-refractivity contribution in [1.82, 2.24) is 10.6 Å². The summed E-state index contributed by atoms with van der Waals surface area (Å²) < 4.78 is 62.5. The molecule has 170 valence electrons. The zero-order valence-electron chi connectivity index (χ0n) is 16.3. The Hall–Kier alpha value is -3.25. The Kier molecular flexibility index (Phi) is 6.86. The van der Waals surface area contributed by atoms with E-state index in [2.05, 4.69) is 10.6 Å². The Morgan fingerprint density at radius 2 is 1.77 bits per heavy atom. The fourth-order valence-electron chi connectivity index (χ4n) is 2.67. The number of para-hydroxylation sites is 2. The number of carbonyl (C=O) groups is 4. The SMILES string of the molecule is CC(=O)N1C[C@H](NC(=O)[C@H](C)C(=O)NCC(F)(F)C(F)(F)F)C(=O)Nc2ccccc21. The molecule has 1 heterocycles. The maximum absolute atomic E-state index is 12.9. The lowest BCUT2D eigenvalue weighted by Crippen LogP contribution is -2.54. The summed E-state index contributed by atoms with van der Waals surface area (Å²) in [5.41, 5.74) is 0.680. The van der Waals surface area contributed by atoms with Crippen molar-refractivity contribution in [3.63, 3.8) is 0 Å². The van der Waals surface area contributed by atoms with Crippen molar-refractivity contribution in [2.45, 2.75) is 32.0 Å². The fraction of sp³-hybridized carbons (Fsp3) is 0.444. The molecular formula is C18H19F5N4O4. The monoisotopic (exact) mass is 450 g/mol. The Labute approximate surface area is 173 Å². The molecular weight excluding hydrogens is 431 g/mol. The summed E-state index contributed by atoms with van der Waals surface area (Å²) >= 11 is 0. The molecule has 0 aliphatic carbocycles. The maximum Gasteiger partial charge on any atom is 0.455 e. The van der Waals surface area contributed by atoms with Crippen LogP contribution in [0.4, 0.5) is 33.3 Å². The van der Waals surface area contributed by atoms with E-state index in [1.807, 2.05) is 0 Å². The minimum atomic E-state index is -5.87. The number of hydrogen-bond acceptors (Lipinski definition) is 4. The highest BCUT2D eigenvalue weighted by Gasteiger charge is 2.57. The minimum absolute atomic E-state index is 0.287. The second kappa shape index (κ2) is 8.86. The Morgan fingerprint density at radius 1 is 1.16 bits per heavy atom. The Balaban J connectivity index is 2.07. The molecule has 0 radical (unpaired) electrons. The van der Waals surface area contributed by atoms with E-state index in [0.29, 0.717) is 11.4 Å². The third-order valence-electron chi connectivity index (χ3n) is 4.52. The molecule has 4 amide bonds. The third kappa shape index (κ3) is 5.47. The summed E-state index contributed by atoms with van der Waals surface area (Å²) in [5, 5.41) is 6.12. The van der Waals surface area contributed by atoms with Crippen LogP contribution in [-0.4, -0.2) is 54.9 Å². The first kappa shape index (κ1) is 24.0. The van der Waals surface area contributed by atoms with E-state index in [1.54, 1.807) is 18.2 Å². The number of carbonyl (C=O) groups excluding carboxylic acids is 4. The van der Waals surface area contributed by atoms with Gasteiger partial charge in [-0.05, 0) is 19.1 Å². The van der Waals surface area contributed by atoms with E-state index in [1.165, 1.54) is 23.2 Å². The molecule has 2 atom stereocenters.